The lowest BCUT2D eigenvalue weighted by molar-refractivity contribution is 0.217. The molecule has 0 radical (unpaired) electrons. The predicted octanol–water partition coefficient (Wildman–Crippen LogP) is 2.95. The van der Waals surface area contributed by atoms with E-state index in [0.717, 1.165) is 17.9 Å². The van der Waals surface area contributed by atoms with Gasteiger partial charge in [-0.1, -0.05) is 38.5 Å². The van der Waals surface area contributed by atoms with E-state index < -0.39 is 0 Å². The molecule has 0 saturated heterocycles. The number of rotatable bonds is 2. The average Bonchev–Trinajstić information content (AvgIpc) is 2.71. The summed E-state index contributed by atoms with van der Waals surface area (Å²) in [6.45, 7) is 0. The van der Waals surface area contributed by atoms with E-state index in [2.05, 4.69) is 12.4 Å². The average molecular weight is 181 g/mol. The molecule has 2 aliphatic carbocycles. The summed E-state index contributed by atoms with van der Waals surface area (Å²) in [7, 11) is 2.13. The van der Waals surface area contributed by atoms with E-state index in [0.29, 0.717) is 0 Å². The van der Waals surface area contributed by atoms with Crippen molar-refractivity contribution in [1.29, 1.82) is 0 Å². The van der Waals surface area contributed by atoms with Crippen molar-refractivity contribution in [2.75, 3.05) is 7.05 Å². The Bertz CT molecular complexity index is 149. The zero-order valence-electron chi connectivity index (χ0n) is 8.89. The van der Waals surface area contributed by atoms with Crippen LogP contribution in [0.2, 0.25) is 0 Å². The molecule has 0 spiro atoms. The summed E-state index contributed by atoms with van der Waals surface area (Å²) < 4.78 is 0. The van der Waals surface area contributed by atoms with Crippen LogP contribution in [0, 0.1) is 11.8 Å². The fraction of sp³-hybridized carbons (Fsp3) is 1.00. The molecule has 13 heavy (non-hydrogen) atoms. The third-order valence-electron chi connectivity index (χ3n) is 4.19. The highest BCUT2D eigenvalue weighted by atomic mass is 14.9. The number of hydrogen-bond acceptors (Lipinski definition) is 1. The quantitative estimate of drug-likeness (QED) is 0.690. The largest absolute Gasteiger partial charge is 0.317 e. The molecular weight excluding hydrogens is 158 g/mol. The van der Waals surface area contributed by atoms with E-state index in [9.17, 15) is 0 Å². The maximum Gasteiger partial charge on any atom is 0.00668 e. The lowest BCUT2D eigenvalue weighted by Gasteiger charge is -2.32. The Hall–Kier alpha value is -0.0400. The van der Waals surface area contributed by atoms with E-state index in [4.69, 9.17) is 0 Å². The van der Waals surface area contributed by atoms with Crippen molar-refractivity contribution in [3.63, 3.8) is 0 Å². The van der Waals surface area contributed by atoms with Crippen LogP contribution in [0.15, 0.2) is 0 Å². The van der Waals surface area contributed by atoms with Gasteiger partial charge in [0.25, 0.3) is 0 Å². The molecule has 1 unspecified atom stereocenters. The first-order valence-corrected chi connectivity index (χ1v) is 6.07. The van der Waals surface area contributed by atoms with Crippen LogP contribution in [0.3, 0.4) is 0 Å². The summed E-state index contributed by atoms with van der Waals surface area (Å²) in [5.74, 6) is 2.16. The Balaban J connectivity index is 1.84. The third-order valence-corrected chi connectivity index (χ3v) is 4.19. The van der Waals surface area contributed by atoms with Gasteiger partial charge in [-0.3, -0.25) is 0 Å². The molecule has 2 aliphatic rings. The lowest BCUT2D eigenvalue weighted by Crippen LogP contribution is -2.33. The lowest BCUT2D eigenvalue weighted by atomic mass is 9.77. The van der Waals surface area contributed by atoms with Gasteiger partial charge in [0.15, 0.2) is 0 Å². The predicted molar refractivity (Wildman–Crippen MR) is 56.8 cm³/mol. The molecule has 2 rings (SSSR count). The van der Waals surface area contributed by atoms with Crippen molar-refractivity contribution in [2.45, 2.75) is 57.4 Å². The molecule has 1 N–H and O–H groups in total. The first-order valence-electron chi connectivity index (χ1n) is 6.07. The monoisotopic (exact) mass is 181 g/mol. The van der Waals surface area contributed by atoms with Gasteiger partial charge in [0.05, 0.1) is 0 Å². The second-order valence-corrected chi connectivity index (χ2v) is 4.96. The van der Waals surface area contributed by atoms with Gasteiger partial charge in [-0.2, -0.15) is 0 Å². The van der Waals surface area contributed by atoms with Crippen LogP contribution in [-0.2, 0) is 0 Å². The number of hydrogen-bond donors (Lipinski definition) is 1. The molecule has 0 aromatic heterocycles. The van der Waals surface area contributed by atoms with Crippen LogP contribution in [0.5, 0.6) is 0 Å². The minimum atomic E-state index is 0.833. The summed E-state index contributed by atoms with van der Waals surface area (Å²) in [5.41, 5.74) is 0. The van der Waals surface area contributed by atoms with Crippen LogP contribution >= 0.6 is 0 Å². The van der Waals surface area contributed by atoms with Gasteiger partial charge in [0.1, 0.15) is 0 Å². The molecule has 0 aliphatic heterocycles. The molecule has 0 aromatic carbocycles. The fourth-order valence-electron chi connectivity index (χ4n) is 3.35. The first kappa shape index (κ1) is 9.51. The molecule has 2 atom stereocenters. The highest BCUT2D eigenvalue weighted by Gasteiger charge is 2.29. The zero-order chi connectivity index (χ0) is 9.10. The van der Waals surface area contributed by atoms with Crippen molar-refractivity contribution < 1.29 is 0 Å². The molecule has 0 amide bonds. The second-order valence-electron chi connectivity index (χ2n) is 4.96. The third kappa shape index (κ3) is 2.25. The van der Waals surface area contributed by atoms with Crippen LogP contribution in [0.25, 0.3) is 0 Å². The summed E-state index contributed by atoms with van der Waals surface area (Å²) >= 11 is 0. The molecule has 0 bridgehead atoms. The molecule has 1 nitrogen and oxygen atoms in total. The minimum absolute atomic E-state index is 0.833. The molecule has 2 saturated carbocycles. The number of nitrogens with one attached hydrogen (secondary N) is 1. The Labute approximate surface area is 82.3 Å². The SMILES string of the molecule is CNC1CCC[C@H](C2CCCC2)C1. The fourth-order valence-corrected chi connectivity index (χ4v) is 3.35. The smallest absolute Gasteiger partial charge is 0.00668 e. The molecule has 76 valence electrons. The van der Waals surface area contributed by atoms with Gasteiger partial charge in [0.2, 0.25) is 0 Å². The molecule has 0 aromatic rings. The van der Waals surface area contributed by atoms with Gasteiger partial charge < -0.3 is 5.32 Å². The maximum atomic E-state index is 3.46. The van der Waals surface area contributed by atoms with Crippen molar-refractivity contribution in [1.82, 2.24) is 5.32 Å². The van der Waals surface area contributed by atoms with Crippen LogP contribution in [-0.4, -0.2) is 13.1 Å². The molecule has 0 heterocycles. The summed E-state index contributed by atoms with van der Waals surface area (Å²) in [6.07, 6.45) is 11.9. The van der Waals surface area contributed by atoms with Crippen LogP contribution in [0.4, 0.5) is 0 Å². The van der Waals surface area contributed by atoms with Crippen molar-refractivity contribution in [2.24, 2.45) is 11.8 Å². The van der Waals surface area contributed by atoms with Crippen molar-refractivity contribution >= 4 is 0 Å². The van der Waals surface area contributed by atoms with Gasteiger partial charge in [-0.05, 0) is 31.7 Å². The molecular formula is C12H23N. The first-order chi connectivity index (χ1) is 6.40. The topological polar surface area (TPSA) is 12.0 Å². The highest BCUT2D eigenvalue weighted by molar-refractivity contribution is 4.83. The molecule has 1 heteroatoms. The Kier molecular flexibility index (Phi) is 3.26. The van der Waals surface area contributed by atoms with E-state index in [-0.39, 0.29) is 0 Å². The Morgan fingerprint density at radius 1 is 0.846 bits per heavy atom. The summed E-state index contributed by atoms with van der Waals surface area (Å²) in [5, 5.41) is 3.46. The van der Waals surface area contributed by atoms with Crippen molar-refractivity contribution in [3.8, 4) is 0 Å². The van der Waals surface area contributed by atoms with E-state index in [1.54, 1.807) is 0 Å². The zero-order valence-corrected chi connectivity index (χ0v) is 8.89. The van der Waals surface area contributed by atoms with Crippen LogP contribution in [0.1, 0.15) is 51.4 Å². The van der Waals surface area contributed by atoms with Crippen LogP contribution < -0.4 is 5.32 Å². The summed E-state index contributed by atoms with van der Waals surface area (Å²) in [6, 6.07) is 0.833. The normalized spacial score (nSPS) is 36.7. The van der Waals surface area contributed by atoms with Gasteiger partial charge in [-0.25, -0.2) is 0 Å². The standard InChI is InChI=1S/C12H23N/c1-13-12-8-4-7-11(9-12)10-5-2-3-6-10/h10-13H,2-9H2,1H3/t11-,12?/m0/s1. The van der Waals surface area contributed by atoms with Crippen molar-refractivity contribution in [3.05, 3.63) is 0 Å². The van der Waals surface area contributed by atoms with E-state index in [1.807, 2.05) is 0 Å². The van der Waals surface area contributed by atoms with E-state index in [1.165, 1.54) is 51.4 Å². The second kappa shape index (κ2) is 4.45. The Morgan fingerprint density at radius 3 is 2.23 bits per heavy atom. The van der Waals surface area contributed by atoms with Gasteiger partial charge >= 0.3 is 0 Å². The molecule has 2 fully saturated rings. The summed E-state index contributed by atoms with van der Waals surface area (Å²) in [4.78, 5) is 0. The highest BCUT2D eigenvalue weighted by Crippen LogP contribution is 2.39. The van der Waals surface area contributed by atoms with Gasteiger partial charge in [-0.15, -0.1) is 0 Å². The minimum Gasteiger partial charge on any atom is -0.317 e. The Morgan fingerprint density at radius 2 is 1.54 bits per heavy atom. The van der Waals surface area contributed by atoms with Gasteiger partial charge in [0, 0.05) is 6.04 Å². The van der Waals surface area contributed by atoms with E-state index >= 15 is 0 Å². The maximum absolute atomic E-state index is 3.46.